The SMILES string of the molecule is c1ccc2cc(-c3cc(-c4ccc5ccccc5c4)nc(-n4c5ccccc5c5cc(-c6ccc7c(c6)c6ccccc6n7-c6ccc7oc8ccccc8c7c6)ccc54)n3)ccc2c1. The van der Waals surface area contributed by atoms with Crippen LogP contribution in [0.2, 0.25) is 0 Å². The third-order valence-corrected chi connectivity index (χ3v) is 13.3. The molecule has 0 spiro atoms. The van der Waals surface area contributed by atoms with Gasteiger partial charge >= 0.3 is 0 Å². The molecule has 302 valence electrons. The molecule has 0 aliphatic rings. The average Bonchev–Trinajstić information content (AvgIpc) is 4.03. The number of benzene rings is 10. The highest BCUT2D eigenvalue weighted by molar-refractivity contribution is 6.13. The lowest BCUT2D eigenvalue weighted by molar-refractivity contribution is 0.669. The van der Waals surface area contributed by atoms with Crippen LogP contribution in [0.1, 0.15) is 0 Å². The van der Waals surface area contributed by atoms with Crippen LogP contribution in [-0.2, 0) is 0 Å². The van der Waals surface area contributed by atoms with Gasteiger partial charge in [-0.3, -0.25) is 4.57 Å². The van der Waals surface area contributed by atoms with Crippen molar-refractivity contribution >= 4 is 87.1 Å². The Hall–Kier alpha value is -8.80. The Kier molecular flexibility index (Phi) is 7.62. The van der Waals surface area contributed by atoms with Crippen molar-refractivity contribution in [3.8, 4) is 45.3 Å². The maximum atomic E-state index is 6.20. The summed E-state index contributed by atoms with van der Waals surface area (Å²) in [4.78, 5) is 10.8. The summed E-state index contributed by atoms with van der Waals surface area (Å²) in [7, 11) is 0. The zero-order valence-electron chi connectivity index (χ0n) is 35.0. The molecular formula is C60H36N4O. The first kappa shape index (κ1) is 35.8. The molecule has 4 heterocycles. The van der Waals surface area contributed by atoms with Gasteiger partial charge in [0.2, 0.25) is 5.95 Å². The minimum Gasteiger partial charge on any atom is -0.456 e. The van der Waals surface area contributed by atoms with Crippen LogP contribution in [-0.4, -0.2) is 19.1 Å². The Morgan fingerprint density at radius 3 is 1.40 bits per heavy atom. The molecule has 10 aromatic carbocycles. The molecule has 65 heavy (non-hydrogen) atoms. The van der Waals surface area contributed by atoms with E-state index in [4.69, 9.17) is 14.4 Å². The molecule has 5 heteroatoms. The van der Waals surface area contributed by atoms with Crippen molar-refractivity contribution in [1.29, 1.82) is 0 Å². The van der Waals surface area contributed by atoms with Crippen LogP contribution < -0.4 is 0 Å². The monoisotopic (exact) mass is 828 g/mol. The van der Waals surface area contributed by atoms with Gasteiger partial charge in [0.05, 0.1) is 33.5 Å². The summed E-state index contributed by atoms with van der Waals surface area (Å²) in [6, 6.07) is 78.1. The number of furan rings is 1. The summed E-state index contributed by atoms with van der Waals surface area (Å²) in [5.74, 6) is 0.633. The van der Waals surface area contributed by atoms with Crippen LogP contribution in [0.3, 0.4) is 0 Å². The summed E-state index contributed by atoms with van der Waals surface area (Å²) in [6.07, 6.45) is 0. The van der Waals surface area contributed by atoms with Crippen molar-refractivity contribution in [2.45, 2.75) is 0 Å². The normalized spacial score (nSPS) is 12.0. The number of rotatable bonds is 5. The molecule has 0 aliphatic carbocycles. The highest BCUT2D eigenvalue weighted by atomic mass is 16.3. The van der Waals surface area contributed by atoms with Gasteiger partial charge in [0.15, 0.2) is 0 Å². The van der Waals surface area contributed by atoms with E-state index in [1.807, 2.05) is 12.1 Å². The van der Waals surface area contributed by atoms with E-state index in [1.165, 1.54) is 37.8 Å². The van der Waals surface area contributed by atoms with Gasteiger partial charge in [-0.15, -0.1) is 0 Å². The maximum absolute atomic E-state index is 6.20. The number of aromatic nitrogens is 4. The minimum atomic E-state index is 0.633. The van der Waals surface area contributed by atoms with Gasteiger partial charge in [0.1, 0.15) is 11.2 Å². The van der Waals surface area contributed by atoms with Crippen LogP contribution in [0.4, 0.5) is 0 Å². The number of para-hydroxylation sites is 3. The molecule has 0 saturated heterocycles. The number of nitrogens with zero attached hydrogens (tertiary/aromatic N) is 4. The fourth-order valence-corrected chi connectivity index (χ4v) is 10.2. The lowest BCUT2D eigenvalue weighted by Crippen LogP contribution is -2.04. The molecule has 0 aliphatic heterocycles. The molecule has 0 fully saturated rings. The zero-order chi connectivity index (χ0) is 42.6. The van der Waals surface area contributed by atoms with Crippen LogP contribution in [0, 0.1) is 0 Å². The standard InChI is InChI=1S/C60H36N4O/c1-3-13-39-31-43(23-21-37(39)11-1)52-36-53(44-24-22-38-12-2-4-14-40(38)32-44)62-60(61-52)64-55-19-9-6-16-47(55)50-34-42(26-29-57(50)64)41-25-28-56-49(33-41)46-15-5-8-18-54(46)63(56)45-27-30-59-51(35-45)48-17-7-10-20-58(48)65-59/h1-36H. The van der Waals surface area contributed by atoms with Crippen molar-refractivity contribution in [2.75, 3.05) is 0 Å². The molecular weight excluding hydrogens is 793 g/mol. The molecule has 14 rings (SSSR count). The van der Waals surface area contributed by atoms with Gasteiger partial charge in [-0.1, -0.05) is 140 Å². The summed E-state index contributed by atoms with van der Waals surface area (Å²) in [5.41, 5.74) is 13.5. The van der Waals surface area contributed by atoms with Gasteiger partial charge in [-0.2, -0.15) is 0 Å². The molecule has 5 nitrogen and oxygen atoms in total. The summed E-state index contributed by atoms with van der Waals surface area (Å²) >= 11 is 0. The molecule has 0 radical (unpaired) electrons. The quantitative estimate of drug-likeness (QED) is 0.174. The summed E-state index contributed by atoms with van der Waals surface area (Å²) in [5, 5.41) is 11.7. The van der Waals surface area contributed by atoms with E-state index in [-0.39, 0.29) is 0 Å². The molecule has 0 N–H and O–H groups in total. The second kappa shape index (κ2) is 13.9. The van der Waals surface area contributed by atoms with Gasteiger partial charge < -0.3 is 8.98 Å². The first-order chi connectivity index (χ1) is 32.2. The molecule has 14 aromatic rings. The van der Waals surface area contributed by atoms with E-state index >= 15 is 0 Å². The van der Waals surface area contributed by atoms with Crippen molar-refractivity contribution in [2.24, 2.45) is 0 Å². The molecule has 0 saturated carbocycles. The van der Waals surface area contributed by atoms with E-state index in [0.717, 1.165) is 88.6 Å². The maximum Gasteiger partial charge on any atom is 0.235 e. The topological polar surface area (TPSA) is 48.8 Å². The van der Waals surface area contributed by atoms with Crippen molar-refractivity contribution in [1.82, 2.24) is 19.1 Å². The van der Waals surface area contributed by atoms with Crippen molar-refractivity contribution in [3.05, 3.63) is 218 Å². The molecule has 0 bridgehead atoms. The predicted octanol–water partition coefficient (Wildman–Crippen LogP) is 15.9. The predicted molar refractivity (Wildman–Crippen MR) is 269 cm³/mol. The Morgan fingerprint density at radius 1 is 0.292 bits per heavy atom. The summed E-state index contributed by atoms with van der Waals surface area (Å²) in [6.45, 7) is 0. The lowest BCUT2D eigenvalue weighted by Gasteiger charge is -2.13. The molecule has 0 amide bonds. The Balaban J connectivity index is 0.937. The van der Waals surface area contributed by atoms with Gasteiger partial charge in [-0.05, 0) is 112 Å². The van der Waals surface area contributed by atoms with Gasteiger partial charge in [0, 0.05) is 49.1 Å². The fraction of sp³-hybridized carbons (Fsp3) is 0. The van der Waals surface area contributed by atoms with Crippen molar-refractivity contribution < 1.29 is 4.42 Å². The molecule has 0 unspecified atom stereocenters. The van der Waals surface area contributed by atoms with Gasteiger partial charge in [0.25, 0.3) is 0 Å². The van der Waals surface area contributed by atoms with E-state index in [1.54, 1.807) is 0 Å². The van der Waals surface area contributed by atoms with E-state index < -0.39 is 0 Å². The third-order valence-electron chi connectivity index (χ3n) is 13.3. The largest absolute Gasteiger partial charge is 0.456 e. The first-order valence-electron chi connectivity index (χ1n) is 22.0. The second-order valence-electron chi connectivity index (χ2n) is 17.0. The summed E-state index contributed by atoms with van der Waals surface area (Å²) < 4.78 is 10.8. The number of hydrogen-bond acceptors (Lipinski definition) is 3. The van der Waals surface area contributed by atoms with E-state index in [2.05, 4.69) is 215 Å². The number of hydrogen-bond donors (Lipinski definition) is 0. The van der Waals surface area contributed by atoms with Crippen LogP contribution >= 0.6 is 0 Å². The second-order valence-corrected chi connectivity index (χ2v) is 17.0. The lowest BCUT2D eigenvalue weighted by atomic mass is 10.0. The minimum absolute atomic E-state index is 0.633. The Labute approximate surface area is 372 Å². The van der Waals surface area contributed by atoms with E-state index in [9.17, 15) is 0 Å². The molecule has 4 aromatic heterocycles. The smallest absolute Gasteiger partial charge is 0.235 e. The first-order valence-corrected chi connectivity index (χ1v) is 22.0. The van der Waals surface area contributed by atoms with E-state index in [0.29, 0.717) is 5.95 Å². The number of fused-ring (bicyclic) bond motifs is 11. The van der Waals surface area contributed by atoms with Crippen LogP contribution in [0.25, 0.3) is 132 Å². The molecule has 0 atom stereocenters. The Morgan fingerprint density at radius 2 is 0.769 bits per heavy atom. The van der Waals surface area contributed by atoms with Crippen LogP contribution in [0.15, 0.2) is 223 Å². The highest BCUT2D eigenvalue weighted by Gasteiger charge is 2.20. The highest BCUT2D eigenvalue weighted by Crippen LogP contribution is 2.40. The Bertz CT molecular complexity index is 4170. The van der Waals surface area contributed by atoms with Gasteiger partial charge in [-0.25, -0.2) is 9.97 Å². The average molecular weight is 829 g/mol. The third kappa shape index (κ3) is 5.59. The zero-order valence-corrected chi connectivity index (χ0v) is 35.0. The fourth-order valence-electron chi connectivity index (χ4n) is 10.2. The van der Waals surface area contributed by atoms with Crippen molar-refractivity contribution in [3.63, 3.8) is 0 Å². The van der Waals surface area contributed by atoms with Crippen LogP contribution in [0.5, 0.6) is 0 Å².